The van der Waals surface area contributed by atoms with Crippen molar-refractivity contribution >= 4 is 17.5 Å². The second-order valence-corrected chi connectivity index (χ2v) is 4.98. The first-order chi connectivity index (χ1) is 9.99. The van der Waals surface area contributed by atoms with Crippen LogP contribution in [0.2, 0.25) is 0 Å². The molecule has 0 radical (unpaired) electrons. The van der Waals surface area contributed by atoms with Crippen molar-refractivity contribution in [2.75, 3.05) is 18.4 Å². The summed E-state index contributed by atoms with van der Waals surface area (Å²) >= 11 is 0. The van der Waals surface area contributed by atoms with Crippen LogP contribution in [0.5, 0.6) is 0 Å². The third-order valence-corrected chi connectivity index (χ3v) is 3.38. The zero-order valence-electron chi connectivity index (χ0n) is 13.2. The van der Waals surface area contributed by atoms with Gasteiger partial charge in [0.05, 0.1) is 12.1 Å². The number of carbonyl (C=O) groups excluding carboxylic acids is 2. The van der Waals surface area contributed by atoms with Gasteiger partial charge in [-0.15, -0.1) is 0 Å². The largest absolute Gasteiger partial charge is 0.342 e. The van der Waals surface area contributed by atoms with Crippen molar-refractivity contribution in [2.45, 2.75) is 39.8 Å². The molecular formula is C16H25N3O2. The van der Waals surface area contributed by atoms with E-state index in [0.717, 1.165) is 5.69 Å². The standard InChI is InChI=1S/C16H25N3O2/c1-5-19(6-2)16(21)13(4)17-12(3)15(20)18-14-10-8-7-9-11-14/h7-13,17H,5-6H2,1-4H3,(H,18,20). The van der Waals surface area contributed by atoms with E-state index in [4.69, 9.17) is 0 Å². The Bertz CT molecular complexity index is 458. The molecule has 0 saturated heterocycles. The summed E-state index contributed by atoms with van der Waals surface area (Å²) in [5.74, 6) is -0.139. The van der Waals surface area contributed by atoms with Gasteiger partial charge in [0.2, 0.25) is 11.8 Å². The molecule has 1 aromatic rings. The molecule has 0 fully saturated rings. The molecule has 116 valence electrons. The summed E-state index contributed by atoms with van der Waals surface area (Å²) in [5.41, 5.74) is 0.749. The fraction of sp³-hybridized carbons (Fsp3) is 0.500. The quantitative estimate of drug-likeness (QED) is 0.806. The Kier molecular flexibility index (Phi) is 6.88. The van der Waals surface area contributed by atoms with Gasteiger partial charge < -0.3 is 10.2 Å². The molecule has 0 saturated carbocycles. The molecule has 0 bridgehead atoms. The van der Waals surface area contributed by atoms with Gasteiger partial charge in [-0.1, -0.05) is 18.2 Å². The van der Waals surface area contributed by atoms with Crippen molar-refractivity contribution < 1.29 is 9.59 Å². The predicted octanol–water partition coefficient (Wildman–Crippen LogP) is 1.86. The number of nitrogens with zero attached hydrogens (tertiary/aromatic N) is 1. The van der Waals surface area contributed by atoms with Crippen molar-refractivity contribution in [2.24, 2.45) is 0 Å². The van der Waals surface area contributed by atoms with Crippen LogP contribution in [0, 0.1) is 0 Å². The number of nitrogens with one attached hydrogen (secondary N) is 2. The van der Waals surface area contributed by atoms with Crippen LogP contribution in [-0.2, 0) is 9.59 Å². The average Bonchev–Trinajstić information content (AvgIpc) is 2.49. The summed E-state index contributed by atoms with van der Waals surface area (Å²) in [6.45, 7) is 8.77. The van der Waals surface area contributed by atoms with Crippen molar-refractivity contribution in [3.05, 3.63) is 30.3 Å². The summed E-state index contributed by atoms with van der Waals surface area (Å²) < 4.78 is 0. The van der Waals surface area contributed by atoms with Gasteiger partial charge in [-0.05, 0) is 39.8 Å². The third kappa shape index (κ3) is 5.19. The first-order valence-electron chi connectivity index (χ1n) is 7.40. The topological polar surface area (TPSA) is 61.4 Å². The van der Waals surface area contributed by atoms with Gasteiger partial charge in [-0.2, -0.15) is 0 Å². The Hall–Kier alpha value is -1.88. The third-order valence-electron chi connectivity index (χ3n) is 3.38. The number of benzene rings is 1. The lowest BCUT2D eigenvalue weighted by molar-refractivity contribution is -0.133. The molecule has 2 unspecified atom stereocenters. The van der Waals surface area contributed by atoms with Gasteiger partial charge in [-0.25, -0.2) is 0 Å². The number of hydrogen-bond donors (Lipinski definition) is 2. The van der Waals surface area contributed by atoms with E-state index in [0.29, 0.717) is 13.1 Å². The van der Waals surface area contributed by atoms with Gasteiger partial charge in [0.1, 0.15) is 0 Å². The zero-order valence-corrected chi connectivity index (χ0v) is 13.2. The Labute approximate surface area is 126 Å². The second-order valence-electron chi connectivity index (χ2n) is 4.98. The molecule has 1 aromatic carbocycles. The van der Waals surface area contributed by atoms with Crippen LogP contribution < -0.4 is 10.6 Å². The van der Waals surface area contributed by atoms with Crippen LogP contribution in [0.1, 0.15) is 27.7 Å². The van der Waals surface area contributed by atoms with Gasteiger partial charge >= 0.3 is 0 Å². The molecule has 21 heavy (non-hydrogen) atoms. The number of hydrogen-bond acceptors (Lipinski definition) is 3. The van der Waals surface area contributed by atoms with Crippen LogP contribution in [0.15, 0.2) is 30.3 Å². The molecule has 5 heteroatoms. The number of para-hydroxylation sites is 1. The Morgan fingerprint density at radius 2 is 1.62 bits per heavy atom. The van der Waals surface area contributed by atoms with E-state index in [1.807, 2.05) is 44.2 Å². The fourth-order valence-electron chi connectivity index (χ4n) is 2.10. The zero-order chi connectivity index (χ0) is 15.8. The van der Waals surface area contributed by atoms with E-state index in [1.54, 1.807) is 18.7 Å². The summed E-state index contributed by atoms with van der Waals surface area (Å²) in [5, 5.41) is 5.86. The van der Waals surface area contributed by atoms with E-state index < -0.39 is 6.04 Å². The minimum absolute atomic E-state index is 0.0133. The number of carbonyl (C=O) groups is 2. The van der Waals surface area contributed by atoms with Gasteiger partial charge in [0.15, 0.2) is 0 Å². The van der Waals surface area contributed by atoms with Crippen LogP contribution in [0.3, 0.4) is 0 Å². The minimum Gasteiger partial charge on any atom is -0.342 e. The Morgan fingerprint density at radius 1 is 1.05 bits per heavy atom. The summed E-state index contributed by atoms with van der Waals surface area (Å²) in [6, 6.07) is 8.44. The van der Waals surface area contributed by atoms with E-state index in [2.05, 4.69) is 10.6 Å². The van der Waals surface area contributed by atoms with Gasteiger partial charge in [0.25, 0.3) is 0 Å². The predicted molar refractivity (Wildman–Crippen MR) is 85.1 cm³/mol. The van der Waals surface area contributed by atoms with Crippen molar-refractivity contribution in [1.82, 2.24) is 10.2 Å². The second kappa shape index (κ2) is 8.42. The fourth-order valence-corrected chi connectivity index (χ4v) is 2.10. The minimum atomic E-state index is -0.445. The van der Waals surface area contributed by atoms with Gasteiger partial charge in [-0.3, -0.25) is 14.9 Å². The molecule has 0 aliphatic heterocycles. The van der Waals surface area contributed by atoms with Crippen LogP contribution in [0.4, 0.5) is 5.69 Å². The molecule has 0 spiro atoms. The maximum atomic E-state index is 12.2. The Morgan fingerprint density at radius 3 is 2.14 bits per heavy atom. The number of anilines is 1. The van der Waals surface area contributed by atoms with Crippen LogP contribution >= 0.6 is 0 Å². The highest BCUT2D eigenvalue weighted by Gasteiger charge is 2.22. The first kappa shape index (κ1) is 17.2. The lowest BCUT2D eigenvalue weighted by Gasteiger charge is -2.25. The number of amides is 2. The Balaban J connectivity index is 2.53. The van der Waals surface area contributed by atoms with Crippen LogP contribution in [-0.4, -0.2) is 41.9 Å². The smallest absolute Gasteiger partial charge is 0.241 e. The SMILES string of the molecule is CCN(CC)C(=O)C(C)NC(C)C(=O)Nc1ccccc1. The highest BCUT2D eigenvalue weighted by atomic mass is 16.2. The highest BCUT2D eigenvalue weighted by molar-refractivity contribution is 5.95. The molecule has 1 rings (SSSR count). The summed E-state index contributed by atoms with van der Waals surface area (Å²) in [6.07, 6.45) is 0. The van der Waals surface area contributed by atoms with Crippen molar-refractivity contribution in [3.63, 3.8) is 0 Å². The molecule has 2 amide bonds. The van der Waals surface area contributed by atoms with E-state index in [-0.39, 0.29) is 17.9 Å². The highest BCUT2D eigenvalue weighted by Crippen LogP contribution is 2.06. The summed E-state index contributed by atoms with van der Waals surface area (Å²) in [4.78, 5) is 26.0. The lowest BCUT2D eigenvalue weighted by Crippen LogP contribution is -2.50. The number of rotatable bonds is 7. The molecule has 0 heterocycles. The maximum Gasteiger partial charge on any atom is 0.241 e. The van der Waals surface area contributed by atoms with Crippen molar-refractivity contribution in [1.29, 1.82) is 0 Å². The normalized spacial score (nSPS) is 13.3. The number of likely N-dealkylation sites (N-methyl/N-ethyl adjacent to an activating group) is 1. The lowest BCUT2D eigenvalue weighted by atomic mass is 10.2. The van der Waals surface area contributed by atoms with Crippen molar-refractivity contribution in [3.8, 4) is 0 Å². The first-order valence-corrected chi connectivity index (χ1v) is 7.40. The average molecular weight is 291 g/mol. The molecule has 0 aliphatic rings. The van der Waals surface area contributed by atoms with E-state index in [9.17, 15) is 9.59 Å². The molecule has 2 atom stereocenters. The van der Waals surface area contributed by atoms with Crippen LogP contribution in [0.25, 0.3) is 0 Å². The molecule has 5 nitrogen and oxygen atoms in total. The van der Waals surface area contributed by atoms with E-state index >= 15 is 0 Å². The summed E-state index contributed by atoms with van der Waals surface area (Å²) in [7, 11) is 0. The maximum absolute atomic E-state index is 12.2. The monoisotopic (exact) mass is 291 g/mol. The molecule has 0 aromatic heterocycles. The molecular weight excluding hydrogens is 266 g/mol. The van der Waals surface area contributed by atoms with Gasteiger partial charge in [0, 0.05) is 18.8 Å². The molecule has 2 N–H and O–H groups in total. The molecule has 0 aliphatic carbocycles. The van der Waals surface area contributed by atoms with E-state index in [1.165, 1.54) is 0 Å².